The third kappa shape index (κ3) is 4.39. The van der Waals surface area contributed by atoms with Crippen LogP contribution in [0.3, 0.4) is 0 Å². The van der Waals surface area contributed by atoms with Crippen molar-refractivity contribution in [2.24, 2.45) is 0 Å². The molecular formula is C22H19N3O3S2. The Morgan fingerprint density at radius 3 is 2.63 bits per heavy atom. The summed E-state index contributed by atoms with van der Waals surface area (Å²) in [6.07, 6.45) is 1.61. The van der Waals surface area contributed by atoms with E-state index in [1.165, 1.54) is 23.5 Å². The number of fused-ring (bicyclic) bond motifs is 1. The number of aromatic nitrogens is 2. The molecule has 4 aromatic rings. The van der Waals surface area contributed by atoms with Crippen molar-refractivity contribution in [2.75, 3.05) is 11.1 Å². The largest absolute Gasteiger partial charge is 0.326 e. The molecule has 0 atom stereocenters. The molecule has 30 heavy (non-hydrogen) atoms. The summed E-state index contributed by atoms with van der Waals surface area (Å²) in [6, 6.07) is 17.6. The third-order valence-electron chi connectivity index (χ3n) is 4.63. The van der Waals surface area contributed by atoms with E-state index in [0.29, 0.717) is 5.69 Å². The number of pyridine rings is 1. The number of carbonyl (C=O) groups is 1. The van der Waals surface area contributed by atoms with Crippen LogP contribution in [0.5, 0.6) is 0 Å². The predicted octanol–water partition coefficient (Wildman–Crippen LogP) is 4.47. The molecule has 0 saturated carbocycles. The molecule has 4 rings (SSSR count). The topological polar surface area (TPSA) is 89.0 Å². The highest BCUT2D eigenvalue weighted by atomic mass is 32.2. The van der Waals surface area contributed by atoms with Crippen molar-refractivity contribution in [2.45, 2.75) is 18.2 Å². The lowest BCUT2D eigenvalue weighted by Gasteiger charge is -2.10. The number of aryl methyl sites for hydroxylation is 1. The molecule has 1 N–H and O–H groups in total. The lowest BCUT2D eigenvalue weighted by Crippen LogP contribution is -2.18. The van der Waals surface area contributed by atoms with E-state index in [4.69, 9.17) is 0 Å². The molecule has 0 fully saturated rings. The predicted molar refractivity (Wildman–Crippen MR) is 119 cm³/mol. The van der Waals surface area contributed by atoms with E-state index in [0.717, 1.165) is 26.5 Å². The Kier molecular flexibility index (Phi) is 5.61. The van der Waals surface area contributed by atoms with Gasteiger partial charge in [-0.1, -0.05) is 41.7 Å². The minimum Gasteiger partial charge on any atom is -0.326 e. The molecule has 2 heterocycles. The van der Waals surface area contributed by atoms with Gasteiger partial charge in [-0.3, -0.25) is 4.79 Å². The van der Waals surface area contributed by atoms with Gasteiger partial charge in [0.1, 0.15) is 15.4 Å². The molecular weight excluding hydrogens is 418 g/mol. The van der Waals surface area contributed by atoms with Crippen molar-refractivity contribution in [3.8, 4) is 10.6 Å². The minimum absolute atomic E-state index is 0.119. The average Bonchev–Trinajstić information content (AvgIpc) is 3.19. The number of benzene rings is 2. The molecule has 2 aromatic heterocycles. The first-order valence-electron chi connectivity index (χ1n) is 9.33. The maximum atomic E-state index is 12.4. The van der Waals surface area contributed by atoms with Gasteiger partial charge in [0, 0.05) is 23.9 Å². The molecule has 0 saturated heterocycles. The number of nitrogens with zero attached hydrogens (tertiary/aromatic N) is 2. The zero-order chi connectivity index (χ0) is 21.1. The zero-order valence-electron chi connectivity index (χ0n) is 16.2. The fraction of sp³-hybridized carbons (Fsp3) is 0.136. The van der Waals surface area contributed by atoms with Crippen LogP contribution in [0, 0.1) is 6.92 Å². The van der Waals surface area contributed by atoms with Crippen LogP contribution in [0.2, 0.25) is 0 Å². The van der Waals surface area contributed by atoms with Gasteiger partial charge in [0.05, 0.1) is 10.6 Å². The van der Waals surface area contributed by atoms with Gasteiger partial charge < -0.3 is 5.32 Å². The van der Waals surface area contributed by atoms with Crippen molar-refractivity contribution in [3.63, 3.8) is 0 Å². The SMILES string of the molecule is Cc1ccc(-c2nc3cccnc3s2)cc1NC(=O)CCS(=O)(=O)c1ccccc1. The maximum Gasteiger partial charge on any atom is 0.225 e. The van der Waals surface area contributed by atoms with E-state index in [1.807, 2.05) is 37.3 Å². The average molecular weight is 438 g/mol. The van der Waals surface area contributed by atoms with Crippen LogP contribution >= 0.6 is 11.3 Å². The summed E-state index contributed by atoms with van der Waals surface area (Å²) in [5, 5.41) is 3.65. The van der Waals surface area contributed by atoms with Gasteiger partial charge in [0.25, 0.3) is 0 Å². The summed E-state index contributed by atoms with van der Waals surface area (Å²) < 4.78 is 24.8. The van der Waals surface area contributed by atoms with Crippen LogP contribution in [0.4, 0.5) is 5.69 Å². The molecule has 152 valence electrons. The van der Waals surface area contributed by atoms with Crippen LogP contribution in [0.1, 0.15) is 12.0 Å². The Bertz CT molecular complexity index is 1280. The highest BCUT2D eigenvalue weighted by molar-refractivity contribution is 7.91. The summed E-state index contributed by atoms with van der Waals surface area (Å²) in [5.74, 6) is -0.591. The van der Waals surface area contributed by atoms with Crippen LogP contribution < -0.4 is 5.32 Å². The van der Waals surface area contributed by atoms with E-state index in [9.17, 15) is 13.2 Å². The Balaban J connectivity index is 1.49. The second kappa shape index (κ2) is 8.33. The normalized spacial score (nSPS) is 11.5. The molecule has 0 unspecified atom stereocenters. The van der Waals surface area contributed by atoms with Gasteiger partial charge in [-0.15, -0.1) is 0 Å². The molecule has 0 radical (unpaired) electrons. The molecule has 6 nitrogen and oxygen atoms in total. The maximum absolute atomic E-state index is 12.4. The molecule has 8 heteroatoms. The number of thiazole rings is 1. The van der Waals surface area contributed by atoms with Gasteiger partial charge in [-0.2, -0.15) is 0 Å². The number of carbonyl (C=O) groups excluding carboxylic acids is 1. The number of hydrogen-bond donors (Lipinski definition) is 1. The Hall–Kier alpha value is -3.10. The van der Waals surface area contributed by atoms with Crippen molar-refractivity contribution < 1.29 is 13.2 Å². The first-order chi connectivity index (χ1) is 14.4. The number of amides is 1. The van der Waals surface area contributed by atoms with Crippen molar-refractivity contribution >= 4 is 43.1 Å². The van der Waals surface area contributed by atoms with E-state index in [2.05, 4.69) is 15.3 Å². The highest BCUT2D eigenvalue weighted by Crippen LogP contribution is 2.31. The number of sulfone groups is 1. The summed E-state index contributed by atoms with van der Waals surface area (Å²) in [5.41, 5.74) is 3.23. The second-order valence-corrected chi connectivity index (χ2v) is 9.89. The number of anilines is 1. The van der Waals surface area contributed by atoms with E-state index in [1.54, 1.807) is 24.4 Å². The molecule has 0 aliphatic rings. The van der Waals surface area contributed by atoms with Crippen LogP contribution in [0.15, 0.2) is 71.8 Å². The van der Waals surface area contributed by atoms with Crippen molar-refractivity contribution in [1.29, 1.82) is 0 Å². The molecule has 0 bridgehead atoms. The van der Waals surface area contributed by atoms with Gasteiger partial charge in [-0.05, 0) is 42.8 Å². The second-order valence-electron chi connectivity index (χ2n) is 6.81. The third-order valence-corrected chi connectivity index (χ3v) is 7.39. The molecule has 0 aliphatic heterocycles. The Labute approximate surface area is 178 Å². The van der Waals surface area contributed by atoms with Crippen molar-refractivity contribution in [3.05, 3.63) is 72.4 Å². The lowest BCUT2D eigenvalue weighted by molar-refractivity contribution is -0.115. The molecule has 0 spiro atoms. The number of hydrogen-bond acceptors (Lipinski definition) is 6. The van der Waals surface area contributed by atoms with E-state index >= 15 is 0 Å². The quantitative estimate of drug-likeness (QED) is 0.481. The first-order valence-corrected chi connectivity index (χ1v) is 11.8. The van der Waals surface area contributed by atoms with Gasteiger partial charge in [0.15, 0.2) is 9.84 Å². The minimum atomic E-state index is -3.50. The number of nitrogens with one attached hydrogen (secondary N) is 1. The molecule has 0 aliphatic carbocycles. The smallest absolute Gasteiger partial charge is 0.225 e. The van der Waals surface area contributed by atoms with Gasteiger partial charge >= 0.3 is 0 Å². The van der Waals surface area contributed by atoms with Gasteiger partial charge in [0.2, 0.25) is 5.91 Å². The van der Waals surface area contributed by atoms with E-state index < -0.39 is 9.84 Å². The summed E-state index contributed by atoms with van der Waals surface area (Å²) in [6.45, 7) is 1.89. The molecule has 1 amide bonds. The fourth-order valence-electron chi connectivity index (χ4n) is 2.97. The Morgan fingerprint density at radius 1 is 1.07 bits per heavy atom. The summed E-state index contributed by atoms with van der Waals surface area (Å²) in [4.78, 5) is 22.4. The van der Waals surface area contributed by atoms with E-state index in [-0.39, 0.29) is 23.0 Å². The standard InChI is InChI=1S/C22H19N3O3S2/c1-15-9-10-16(21-25-18-8-5-12-23-22(18)29-21)14-19(15)24-20(26)11-13-30(27,28)17-6-3-2-4-7-17/h2-10,12,14H,11,13H2,1H3,(H,24,26). The zero-order valence-corrected chi connectivity index (χ0v) is 17.8. The summed E-state index contributed by atoms with van der Waals surface area (Å²) >= 11 is 1.48. The first kappa shape index (κ1) is 20.2. The van der Waals surface area contributed by atoms with Crippen LogP contribution in [0.25, 0.3) is 20.9 Å². The summed E-state index contributed by atoms with van der Waals surface area (Å²) in [7, 11) is -3.50. The van der Waals surface area contributed by atoms with Crippen molar-refractivity contribution in [1.82, 2.24) is 9.97 Å². The van der Waals surface area contributed by atoms with Crippen LogP contribution in [-0.2, 0) is 14.6 Å². The monoisotopic (exact) mass is 437 g/mol. The highest BCUT2D eigenvalue weighted by Gasteiger charge is 2.17. The Morgan fingerprint density at radius 2 is 1.87 bits per heavy atom. The number of rotatable bonds is 6. The fourth-order valence-corrected chi connectivity index (χ4v) is 5.13. The van der Waals surface area contributed by atoms with Gasteiger partial charge in [-0.25, -0.2) is 18.4 Å². The molecule has 2 aromatic carbocycles. The lowest BCUT2D eigenvalue weighted by atomic mass is 10.1. The van der Waals surface area contributed by atoms with Crippen LogP contribution in [-0.4, -0.2) is 30.0 Å².